The molecule has 8 nitrogen and oxygen atoms in total. The molecule has 0 aliphatic carbocycles. The summed E-state index contributed by atoms with van der Waals surface area (Å²) in [5.41, 5.74) is 2.36. The third kappa shape index (κ3) is 4.23. The van der Waals surface area contributed by atoms with Gasteiger partial charge in [-0.2, -0.15) is 0 Å². The van der Waals surface area contributed by atoms with Gasteiger partial charge in [0.2, 0.25) is 5.91 Å². The Labute approximate surface area is 215 Å². The fourth-order valence-electron chi connectivity index (χ4n) is 5.41. The average molecular weight is 497 g/mol. The molecule has 1 atom stereocenters. The quantitative estimate of drug-likeness (QED) is 0.525. The third-order valence-electron chi connectivity index (χ3n) is 7.33. The van der Waals surface area contributed by atoms with Gasteiger partial charge in [0.1, 0.15) is 25.1 Å². The van der Waals surface area contributed by atoms with Crippen LogP contribution in [0.5, 0.6) is 5.75 Å². The summed E-state index contributed by atoms with van der Waals surface area (Å²) in [5, 5.41) is 0. The van der Waals surface area contributed by atoms with E-state index in [9.17, 15) is 14.4 Å². The highest BCUT2D eigenvalue weighted by molar-refractivity contribution is 6.17. The molecule has 1 fully saturated rings. The minimum Gasteiger partial charge on any atom is -0.492 e. The first kappa shape index (κ1) is 23.2. The molecule has 0 bridgehead atoms. The lowest BCUT2D eigenvalue weighted by Crippen LogP contribution is -2.55. The van der Waals surface area contributed by atoms with Gasteiger partial charge in [-0.15, -0.1) is 0 Å². The van der Waals surface area contributed by atoms with Gasteiger partial charge in [0.15, 0.2) is 0 Å². The Morgan fingerprint density at radius 1 is 0.784 bits per heavy atom. The average Bonchev–Trinajstić information content (AvgIpc) is 3.24. The lowest BCUT2D eigenvalue weighted by molar-refractivity contribution is -0.134. The van der Waals surface area contributed by atoms with E-state index >= 15 is 0 Å². The summed E-state index contributed by atoms with van der Waals surface area (Å²) in [5.74, 6) is 0.366. The third-order valence-corrected chi connectivity index (χ3v) is 7.33. The molecule has 0 spiro atoms. The van der Waals surface area contributed by atoms with Crippen molar-refractivity contribution in [3.05, 3.63) is 95.6 Å². The zero-order valence-corrected chi connectivity index (χ0v) is 20.5. The number of anilines is 1. The molecule has 3 aliphatic rings. The van der Waals surface area contributed by atoms with Crippen LogP contribution in [0.2, 0.25) is 0 Å². The van der Waals surface area contributed by atoms with E-state index in [2.05, 4.69) is 4.90 Å². The lowest BCUT2D eigenvalue weighted by atomic mass is 10.0. The molecule has 1 unspecified atom stereocenters. The number of ether oxygens (including phenoxy) is 1. The molecule has 0 radical (unpaired) electrons. The van der Waals surface area contributed by atoms with E-state index in [0.717, 1.165) is 30.9 Å². The fraction of sp³-hybridized carbons (Fsp3) is 0.276. The van der Waals surface area contributed by atoms with Gasteiger partial charge in [-0.3, -0.25) is 24.2 Å². The summed E-state index contributed by atoms with van der Waals surface area (Å²) < 4.78 is 5.80. The van der Waals surface area contributed by atoms with Crippen molar-refractivity contribution in [3.8, 4) is 5.75 Å². The number of piperazine rings is 1. The van der Waals surface area contributed by atoms with Crippen LogP contribution in [-0.4, -0.2) is 78.3 Å². The van der Waals surface area contributed by atoms with Crippen LogP contribution in [-0.2, 0) is 4.79 Å². The maximum atomic E-state index is 13.6. The molecular weight excluding hydrogens is 468 g/mol. The Bertz CT molecular complexity index is 1340. The summed E-state index contributed by atoms with van der Waals surface area (Å²) in [6.45, 7) is 3.97. The fourth-order valence-corrected chi connectivity index (χ4v) is 5.41. The molecule has 3 aliphatic heterocycles. The lowest BCUT2D eigenvalue weighted by Gasteiger charge is -2.42. The maximum absolute atomic E-state index is 13.6. The molecule has 3 heterocycles. The summed E-state index contributed by atoms with van der Waals surface area (Å²) in [6, 6.07) is 24.2. The van der Waals surface area contributed by atoms with Crippen molar-refractivity contribution in [3.63, 3.8) is 0 Å². The van der Waals surface area contributed by atoms with E-state index in [0.29, 0.717) is 36.5 Å². The molecule has 0 saturated carbocycles. The van der Waals surface area contributed by atoms with Crippen molar-refractivity contribution in [1.29, 1.82) is 0 Å². The number of carbonyl (C=O) groups excluding carboxylic acids is 3. The van der Waals surface area contributed by atoms with Crippen molar-refractivity contribution in [2.45, 2.75) is 6.17 Å². The van der Waals surface area contributed by atoms with E-state index in [4.69, 9.17) is 4.74 Å². The highest BCUT2D eigenvalue weighted by atomic mass is 16.5. The second-order valence-electron chi connectivity index (χ2n) is 9.47. The zero-order valence-electron chi connectivity index (χ0n) is 20.5. The van der Waals surface area contributed by atoms with Gasteiger partial charge >= 0.3 is 0 Å². The van der Waals surface area contributed by atoms with Crippen LogP contribution >= 0.6 is 0 Å². The van der Waals surface area contributed by atoms with E-state index in [1.54, 1.807) is 34.1 Å². The highest BCUT2D eigenvalue weighted by Gasteiger charge is 2.48. The van der Waals surface area contributed by atoms with Crippen LogP contribution in [0.4, 0.5) is 5.69 Å². The Balaban J connectivity index is 1.13. The number of para-hydroxylation sites is 2. The first-order valence-corrected chi connectivity index (χ1v) is 12.6. The second kappa shape index (κ2) is 9.71. The summed E-state index contributed by atoms with van der Waals surface area (Å²) in [6.07, 6.45) is -0.619. The molecule has 6 rings (SSSR count). The number of hydrogen-bond acceptors (Lipinski definition) is 5. The number of nitrogens with zero attached hydrogens (tertiary/aromatic N) is 4. The summed E-state index contributed by atoms with van der Waals surface area (Å²) >= 11 is 0. The van der Waals surface area contributed by atoms with Crippen LogP contribution in [0, 0.1) is 0 Å². The smallest absolute Gasteiger partial charge is 0.260 e. The Kier molecular flexibility index (Phi) is 6.10. The minimum absolute atomic E-state index is 0.0763. The molecule has 8 heteroatoms. The van der Waals surface area contributed by atoms with Crippen LogP contribution in [0.15, 0.2) is 78.9 Å². The van der Waals surface area contributed by atoms with E-state index in [1.165, 1.54) is 0 Å². The standard InChI is InChI=1S/C29H28N4O4/c34-26(31-16-14-30(15-17-31)18-19-37-21-8-2-1-3-9-21)20-32-27-22-10-4-5-11-23(22)29(36)33(27)25-13-7-6-12-24(25)28(32)35/h1-13,27H,14-20H2. The van der Waals surface area contributed by atoms with E-state index in [1.807, 2.05) is 59.5 Å². The van der Waals surface area contributed by atoms with Crippen molar-refractivity contribution < 1.29 is 19.1 Å². The molecule has 3 aromatic rings. The number of hydrogen-bond donors (Lipinski definition) is 0. The predicted molar refractivity (Wildman–Crippen MR) is 138 cm³/mol. The maximum Gasteiger partial charge on any atom is 0.260 e. The molecule has 1 saturated heterocycles. The highest BCUT2D eigenvalue weighted by Crippen LogP contribution is 2.45. The summed E-state index contributed by atoms with van der Waals surface area (Å²) in [4.78, 5) is 47.6. The topological polar surface area (TPSA) is 73.4 Å². The molecule has 188 valence electrons. The molecule has 3 amide bonds. The summed E-state index contributed by atoms with van der Waals surface area (Å²) in [7, 11) is 0. The monoisotopic (exact) mass is 496 g/mol. The van der Waals surface area contributed by atoms with Crippen molar-refractivity contribution in [2.24, 2.45) is 0 Å². The van der Waals surface area contributed by atoms with Gasteiger partial charge in [0, 0.05) is 43.9 Å². The molecule has 37 heavy (non-hydrogen) atoms. The minimum atomic E-state index is -0.619. The number of benzene rings is 3. The normalized spacial score (nSPS) is 18.9. The molecule has 3 aromatic carbocycles. The van der Waals surface area contributed by atoms with Crippen LogP contribution in [0.25, 0.3) is 0 Å². The van der Waals surface area contributed by atoms with Gasteiger partial charge < -0.3 is 14.5 Å². The number of rotatable bonds is 6. The SMILES string of the molecule is O=C(CN1C(=O)c2ccccc2N2C(=O)c3ccccc3C12)N1CCN(CCOc2ccccc2)CC1. The van der Waals surface area contributed by atoms with Gasteiger partial charge in [-0.1, -0.05) is 48.5 Å². The Morgan fingerprint density at radius 2 is 1.46 bits per heavy atom. The zero-order chi connectivity index (χ0) is 25.4. The van der Waals surface area contributed by atoms with Gasteiger partial charge in [0.25, 0.3) is 11.8 Å². The van der Waals surface area contributed by atoms with E-state index < -0.39 is 6.17 Å². The Hall–Kier alpha value is -4.17. The number of carbonyl (C=O) groups is 3. The van der Waals surface area contributed by atoms with E-state index in [-0.39, 0.29) is 24.3 Å². The van der Waals surface area contributed by atoms with Crippen LogP contribution in [0.3, 0.4) is 0 Å². The molecular formula is C29H28N4O4. The van der Waals surface area contributed by atoms with Gasteiger partial charge in [-0.25, -0.2) is 0 Å². The second-order valence-corrected chi connectivity index (χ2v) is 9.47. The first-order valence-electron chi connectivity index (χ1n) is 12.6. The predicted octanol–water partition coefficient (Wildman–Crippen LogP) is 3.02. The largest absolute Gasteiger partial charge is 0.492 e. The number of fused-ring (bicyclic) bond motifs is 5. The van der Waals surface area contributed by atoms with Crippen LogP contribution in [0.1, 0.15) is 32.4 Å². The Morgan fingerprint density at radius 3 is 2.24 bits per heavy atom. The molecule has 0 N–H and O–H groups in total. The van der Waals surface area contributed by atoms with Gasteiger partial charge in [-0.05, 0) is 30.3 Å². The van der Waals surface area contributed by atoms with Crippen LogP contribution < -0.4 is 9.64 Å². The van der Waals surface area contributed by atoms with Crippen molar-refractivity contribution >= 4 is 23.4 Å². The number of amides is 3. The van der Waals surface area contributed by atoms with Crippen molar-refractivity contribution in [1.82, 2.24) is 14.7 Å². The van der Waals surface area contributed by atoms with Crippen molar-refractivity contribution in [2.75, 3.05) is 50.8 Å². The molecule has 0 aromatic heterocycles. The first-order chi connectivity index (χ1) is 18.1. The van der Waals surface area contributed by atoms with Gasteiger partial charge in [0.05, 0.1) is 11.3 Å².